The molecule has 4 rings (SSSR count). The summed E-state index contributed by atoms with van der Waals surface area (Å²) in [5.74, 6) is 0. The molecule has 134 valence electrons. The van der Waals surface area contributed by atoms with Gasteiger partial charge in [0.05, 0.1) is 11.0 Å². The summed E-state index contributed by atoms with van der Waals surface area (Å²) < 4.78 is 11.9. The zero-order valence-corrected chi connectivity index (χ0v) is 15.3. The molecule has 0 amide bonds. The monoisotopic (exact) mass is 375 g/mol. The molecule has 0 bridgehead atoms. The van der Waals surface area contributed by atoms with Crippen LogP contribution in [0.1, 0.15) is 0 Å². The molecule has 0 saturated heterocycles. The first-order valence-electron chi connectivity index (χ1n) is 8.54. The number of benzene rings is 4. The highest BCUT2D eigenvalue weighted by Gasteiger charge is 2.23. The lowest BCUT2D eigenvalue weighted by molar-refractivity contribution is 0.388. The van der Waals surface area contributed by atoms with Crippen LogP contribution < -0.4 is 10.2 Å². The molecule has 0 atom stereocenters. The summed E-state index contributed by atoms with van der Waals surface area (Å²) in [5.41, 5.74) is 2.80. The predicted molar refractivity (Wildman–Crippen MR) is 110 cm³/mol. The number of para-hydroxylation sites is 2. The molecule has 0 saturated carbocycles. The smallest absolute Gasteiger partial charge is 0.321 e. The van der Waals surface area contributed by atoms with Crippen molar-refractivity contribution in [2.75, 3.05) is 4.90 Å². The fourth-order valence-corrected chi connectivity index (χ4v) is 4.08. The fraction of sp³-hybridized carbons (Fsp3) is 0. The second-order valence-corrected chi connectivity index (χ2v) is 7.77. The van der Waals surface area contributed by atoms with Gasteiger partial charge in [-0.25, -0.2) is 0 Å². The zero-order valence-electron chi connectivity index (χ0n) is 14.4. The quantitative estimate of drug-likeness (QED) is 0.487. The highest BCUT2D eigenvalue weighted by molar-refractivity contribution is 7.60. The normalized spacial score (nSPS) is 11.5. The number of hydrogen-bond donors (Lipinski definition) is 2. The molecule has 0 aliphatic carbocycles. The van der Waals surface area contributed by atoms with E-state index in [9.17, 15) is 14.4 Å². The Morgan fingerprint density at radius 3 is 1.59 bits per heavy atom. The lowest BCUT2D eigenvalue weighted by atomic mass is 10.1. The van der Waals surface area contributed by atoms with Crippen molar-refractivity contribution in [1.82, 2.24) is 0 Å². The van der Waals surface area contributed by atoms with Gasteiger partial charge in [0, 0.05) is 16.8 Å². The first-order chi connectivity index (χ1) is 13.1. The fourth-order valence-electron chi connectivity index (χ4n) is 3.30. The molecular weight excluding hydrogens is 357 g/mol. The number of rotatable bonds is 4. The molecule has 4 aromatic rings. The van der Waals surface area contributed by atoms with Crippen molar-refractivity contribution in [1.29, 1.82) is 0 Å². The Morgan fingerprint density at radius 1 is 0.593 bits per heavy atom. The van der Waals surface area contributed by atoms with E-state index in [1.54, 1.807) is 18.2 Å². The summed E-state index contributed by atoms with van der Waals surface area (Å²) in [4.78, 5) is 21.6. The standard InChI is InChI=1S/C22H18NO3P/c24-27(25,26)22-16-15-21(19-13-7-8-14-20(19)22)23(17-9-3-1-4-10-17)18-11-5-2-6-12-18/h1-16H,(H2,24,25,26). The summed E-state index contributed by atoms with van der Waals surface area (Å²) in [5, 5.41) is 1.38. The van der Waals surface area contributed by atoms with E-state index in [1.165, 1.54) is 6.07 Å². The van der Waals surface area contributed by atoms with E-state index in [0.717, 1.165) is 22.4 Å². The van der Waals surface area contributed by atoms with Gasteiger partial charge < -0.3 is 14.7 Å². The highest BCUT2D eigenvalue weighted by Crippen LogP contribution is 2.42. The van der Waals surface area contributed by atoms with E-state index >= 15 is 0 Å². The summed E-state index contributed by atoms with van der Waals surface area (Å²) in [6.45, 7) is 0. The van der Waals surface area contributed by atoms with Gasteiger partial charge in [0.15, 0.2) is 0 Å². The average Bonchev–Trinajstić information content (AvgIpc) is 2.69. The van der Waals surface area contributed by atoms with E-state index < -0.39 is 7.60 Å². The molecule has 5 heteroatoms. The molecule has 0 heterocycles. The number of anilines is 3. The Hall–Kier alpha value is -2.91. The largest absolute Gasteiger partial charge is 0.356 e. The van der Waals surface area contributed by atoms with Crippen LogP contribution in [0.4, 0.5) is 17.1 Å². The van der Waals surface area contributed by atoms with E-state index in [2.05, 4.69) is 4.90 Å². The van der Waals surface area contributed by atoms with Crippen molar-refractivity contribution < 1.29 is 14.4 Å². The highest BCUT2D eigenvalue weighted by atomic mass is 31.2. The topological polar surface area (TPSA) is 60.8 Å². The molecule has 0 aromatic heterocycles. The van der Waals surface area contributed by atoms with E-state index in [-0.39, 0.29) is 5.30 Å². The molecule has 0 aliphatic rings. The van der Waals surface area contributed by atoms with Gasteiger partial charge in [-0.05, 0) is 41.8 Å². The van der Waals surface area contributed by atoms with Crippen molar-refractivity contribution in [3.63, 3.8) is 0 Å². The Kier molecular flexibility index (Phi) is 4.54. The predicted octanol–water partition coefficient (Wildman–Crippen LogP) is 5.11. The van der Waals surface area contributed by atoms with Crippen molar-refractivity contribution in [3.05, 3.63) is 97.1 Å². The molecule has 4 aromatic carbocycles. The summed E-state index contributed by atoms with van der Waals surface area (Å²) in [6, 6.07) is 30.5. The van der Waals surface area contributed by atoms with E-state index in [4.69, 9.17) is 0 Å². The number of hydrogen-bond acceptors (Lipinski definition) is 2. The zero-order chi connectivity index (χ0) is 18.9. The number of nitrogens with zero attached hydrogens (tertiary/aromatic N) is 1. The van der Waals surface area contributed by atoms with Crippen molar-refractivity contribution in [2.45, 2.75) is 0 Å². The Morgan fingerprint density at radius 2 is 1.07 bits per heavy atom. The van der Waals surface area contributed by atoms with Crippen molar-refractivity contribution in [2.24, 2.45) is 0 Å². The van der Waals surface area contributed by atoms with Gasteiger partial charge in [0.2, 0.25) is 0 Å². The molecule has 0 aliphatic heterocycles. The van der Waals surface area contributed by atoms with Gasteiger partial charge >= 0.3 is 7.60 Å². The lowest BCUT2D eigenvalue weighted by Crippen LogP contribution is -2.13. The second kappa shape index (κ2) is 7.01. The van der Waals surface area contributed by atoms with Crippen LogP contribution in [-0.4, -0.2) is 9.79 Å². The van der Waals surface area contributed by atoms with Gasteiger partial charge in [-0.1, -0.05) is 60.7 Å². The van der Waals surface area contributed by atoms with Crippen molar-refractivity contribution in [3.8, 4) is 0 Å². The maximum Gasteiger partial charge on any atom is 0.356 e. The lowest BCUT2D eigenvalue weighted by Gasteiger charge is -2.27. The SMILES string of the molecule is O=P(O)(O)c1ccc(N(c2ccccc2)c2ccccc2)c2ccccc12. The van der Waals surface area contributed by atoms with Crippen LogP contribution in [0.15, 0.2) is 97.1 Å². The molecule has 0 fully saturated rings. The van der Waals surface area contributed by atoms with Gasteiger partial charge in [0.25, 0.3) is 0 Å². The van der Waals surface area contributed by atoms with Gasteiger partial charge in [0.1, 0.15) is 0 Å². The maximum absolute atomic E-state index is 11.9. The summed E-state index contributed by atoms with van der Waals surface area (Å²) in [6.07, 6.45) is 0. The van der Waals surface area contributed by atoms with Crippen LogP contribution in [0.5, 0.6) is 0 Å². The Labute approximate surface area is 157 Å². The molecule has 0 spiro atoms. The van der Waals surface area contributed by atoms with Crippen LogP contribution in [-0.2, 0) is 4.57 Å². The third-order valence-electron chi connectivity index (χ3n) is 4.46. The minimum Gasteiger partial charge on any atom is -0.321 e. The first-order valence-corrected chi connectivity index (χ1v) is 10.1. The van der Waals surface area contributed by atoms with Gasteiger partial charge in [-0.15, -0.1) is 0 Å². The summed E-state index contributed by atoms with van der Waals surface area (Å²) in [7, 11) is -4.38. The van der Waals surface area contributed by atoms with Gasteiger partial charge in [-0.3, -0.25) is 4.57 Å². The first kappa shape index (κ1) is 17.5. The minimum absolute atomic E-state index is 0.0444. The van der Waals surface area contributed by atoms with Crippen LogP contribution in [0.3, 0.4) is 0 Å². The molecule has 2 N–H and O–H groups in total. The maximum atomic E-state index is 11.9. The number of fused-ring (bicyclic) bond motifs is 1. The third-order valence-corrected chi connectivity index (χ3v) is 5.48. The Balaban J connectivity index is 2.02. The molecule has 0 radical (unpaired) electrons. The van der Waals surface area contributed by atoms with Crippen LogP contribution in [0.25, 0.3) is 10.8 Å². The molecule has 27 heavy (non-hydrogen) atoms. The Bertz CT molecular complexity index is 1080. The molecule has 4 nitrogen and oxygen atoms in total. The third kappa shape index (κ3) is 3.38. The van der Waals surface area contributed by atoms with Gasteiger partial charge in [-0.2, -0.15) is 0 Å². The average molecular weight is 375 g/mol. The van der Waals surface area contributed by atoms with Crippen LogP contribution in [0, 0.1) is 0 Å². The van der Waals surface area contributed by atoms with E-state index in [1.807, 2.05) is 72.8 Å². The summed E-state index contributed by atoms with van der Waals surface area (Å²) >= 11 is 0. The minimum atomic E-state index is -4.38. The molecular formula is C22H18NO3P. The molecule has 0 unspecified atom stereocenters. The van der Waals surface area contributed by atoms with Crippen LogP contribution >= 0.6 is 7.60 Å². The van der Waals surface area contributed by atoms with Crippen LogP contribution in [0.2, 0.25) is 0 Å². The second-order valence-electron chi connectivity index (χ2n) is 6.20. The van der Waals surface area contributed by atoms with Crippen molar-refractivity contribution >= 4 is 40.7 Å². The van der Waals surface area contributed by atoms with E-state index in [0.29, 0.717) is 5.39 Å².